The Kier molecular flexibility index (Phi) is 3.50. The van der Waals surface area contributed by atoms with E-state index in [-0.39, 0.29) is 22.3 Å². The van der Waals surface area contributed by atoms with Gasteiger partial charge in [-0.2, -0.15) is 0 Å². The maximum Gasteiger partial charge on any atom is 0.255 e. The first-order chi connectivity index (χ1) is 9.58. The van der Waals surface area contributed by atoms with Crippen LogP contribution in [0.25, 0.3) is 0 Å². The molecule has 2 heterocycles. The molecule has 1 unspecified atom stereocenters. The quantitative estimate of drug-likeness (QED) is 0.784. The molecule has 2 amide bonds. The van der Waals surface area contributed by atoms with Crippen molar-refractivity contribution in [3.8, 4) is 0 Å². The molecule has 0 N–H and O–H groups in total. The first-order valence-electron chi connectivity index (χ1n) is 6.60. The lowest BCUT2D eigenvalue weighted by Gasteiger charge is -2.37. The van der Waals surface area contributed by atoms with E-state index in [4.69, 9.17) is 0 Å². The van der Waals surface area contributed by atoms with Crippen LogP contribution in [0.2, 0.25) is 0 Å². The SMILES string of the molecule is O=C(c1cccc(F)c1Br)N1CCN2C(=O)CCC2C1. The molecule has 0 aliphatic carbocycles. The number of carbonyl (C=O) groups excluding carboxylic acids is 2. The molecule has 0 bridgehead atoms. The molecule has 20 heavy (non-hydrogen) atoms. The van der Waals surface area contributed by atoms with E-state index in [1.54, 1.807) is 11.0 Å². The number of piperazine rings is 1. The van der Waals surface area contributed by atoms with Gasteiger partial charge in [0.1, 0.15) is 5.82 Å². The lowest BCUT2D eigenvalue weighted by atomic mass is 10.1. The predicted molar refractivity (Wildman–Crippen MR) is 74.7 cm³/mol. The number of hydrogen-bond acceptors (Lipinski definition) is 2. The van der Waals surface area contributed by atoms with Crippen LogP contribution in [0, 0.1) is 5.82 Å². The van der Waals surface area contributed by atoms with Crippen LogP contribution in [-0.4, -0.2) is 47.3 Å². The van der Waals surface area contributed by atoms with Gasteiger partial charge in [-0.1, -0.05) is 6.07 Å². The summed E-state index contributed by atoms with van der Waals surface area (Å²) in [5, 5.41) is 0. The summed E-state index contributed by atoms with van der Waals surface area (Å²) >= 11 is 3.13. The molecule has 0 radical (unpaired) electrons. The van der Waals surface area contributed by atoms with E-state index in [9.17, 15) is 14.0 Å². The van der Waals surface area contributed by atoms with Gasteiger partial charge in [0.15, 0.2) is 0 Å². The van der Waals surface area contributed by atoms with Crippen molar-refractivity contribution in [3.63, 3.8) is 0 Å². The predicted octanol–water partition coefficient (Wildman–Crippen LogP) is 2.04. The summed E-state index contributed by atoms with van der Waals surface area (Å²) in [5.74, 6) is -0.449. The molecule has 2 aliphatic heterocycles. The Bertz CT molecular complexity index is 578. The molecule has 3 rings (SSSR count). The van der Waals surface area contributed by atoms with Crippen molar-refractivity contribution in [2.75, 3.05) is 19.6 Å². The average molecular weight is 341 g/mol. The molecule has 2 saturated heterocycles. The summed E-state index contributed by atoms with van der Waals surface area (Å²) in [6.45, 7) is 1.61. The summed E-state index contributed by atoms with van der Waals surface area (Å²) in [7, 11) is 0. The largest absolute Gasteiger partial charge is 0.336 e. The number of fused-ring (bicyclic) bond motifs is 1. The Morgan fingerprint density at radius 2 is 2.15 bits per heavy atom. The molecule has 0 aromatic heterocycles. The maximum absolute atomic E-state index is 13.5. The summed E-state index contributed by atoms with van der Waals surface area (Å²) < 4.78 is 13.7. The molecular weight excluding hydrogens is 327 g/mol. The Morgan fingerprint density at radius 1 is 1.35 bits per heavy atom. The maximum atomic E-state index is 13.5. The van der Waals surface area contributed by atoms with E-state index < -0.39 is 5.82 Å². The van der Waals surface area contributed by atoms with Gasteiger partial charge in [0.05, 0.1) is 10.0 Å². The van der Waals surface area contributed by atoms with Crippen molar-refractivity contribution in [2.45, 2.75) is 18.9 Å². The summed E-state index contributed by atoms with van der Waals surface area (Å²) in [6.07, 6.45) is 1.36. The lowest BCUT2D eigenvalue weighted by Crippen LogP contribution is -2.53. The van der Waals surface area contributed by atoms with Gasteiger partial charge >= 0.3 is 0 Å². The fraction of sp³-hybridized carbons (Fsp3) is 0.429. The number of nitrogens with zero attached hydrogens (tertiary/aromatic N) is 2. The highest BCUT2D eigenvalue weighted by Gasteiger charge is 2.37. The first kappa shape index (κ1) is 13.5. The van der Waals surface area contributed by atoms with Crippen molar-refractivity contribution in [3.05, 3.63) is 34.1 Å². The monoisotopic (exact) mass is 340 g/mol. The molecule has 6 heteroatoms. The van der Waals surface area contributed by atoms with E-state index in [0.717, 1.165) is 6.42 Å². The fourth-order valence-electron chi connectivity index (χ4n) is 2.89. The number of benzene rings is 1. The highest BCUT2D eigenvalue weighted by molar-refractivity contribution is 9.10. The molecule has 2 fully saturated rings. The van der Waals surface area contributed by atoms with Gasteiger partial charge < -0.3 is 9.80 Å². The van der Waals surface area contributed by atoms with Crippen molar-refractivity contribution in [1.82, 2.24) is 9.80 Å². The molecule has 2 aliphatic rings. The second-order valence-corrected chi connectivity index (χ2v) is 5.93. The van der Waals surface area contributed by atoms with Crippen LogP contribution in [0.3, 0.4) is 0 Å². The summed E-state index contributed by atoms with van der Waals surface area (Å²) in [4.78, 5) is 27.6. The van der Waals surface area contributed by atoms with Crippen LogP contribution in [0.4, 0.5) is 4.39 Å². The molecule has 106 valence electrons. The van der Waals surface area contributed by atoms with Crippen LogP contribution in [0.15, 0.2) is 22.7 Å². The molecule has 1 aromatic rings. The molecule has 4 nitrogen and oxygen atoms in total. The second kappa shape index (κ2) is 5.16. The fourth-order valence-corrected chi connectivity index (χ4v) is 3.32. The highest BCUT2D eigenvalue weighted by atomic mass is 79.9. The minimum Gasteiger partial charge on any atom is -0.336 e. The Morgan fingerprint density at radius 3 is 2.95 bits per heavy atom. The van der Waals surface area contributed by atoms with Crippen molar-refractivity contribution < 1.29 is 14.0 Å². The zero-order valence-corrected chi connectivity index (χ0v) is 12.4. The van der Waals surface area contributed by atoms with Gasteiger partial charge in [0.2, 0.25) is 5.91 Å². The Hall–Kier alpha value is -1.43. The van der Waals surface area contributed by atoms with Crippen molar-refractivity contribution >= 4 is 27.7 Å². The minimum absolute atomic E-state index is 0.118. The minimum atomic E-state index is -0.439. The van der Waals surface area contributed by atoms with Crippen molar-refractivity contribution in [2.24, 2.45) is 0 Å². The highest BCUT2D eigenvalue weighted by Crippen LogP contribution is 2.26. The number of rotatable bonds is 1. The van der Waals surface area contributed by atoms with Crippen LogP contribution in [0.1, 0.15) is 23.2 Å². The van der Waals surface area contributed by atoms with Crippen LogP contribution in [0.5, 0.6) is 0 Å². The third-order valence-corrected chi connectivity index (χ3v) is 4.77. The Balaban J connectivity index is 1.79. The normalized spacial score (nSPS) is 22.1. The van der Waals surface area contributed by atoms with Gasteiger partial charge in [0, 0.05) is 32.1 Å². The number of halogens is 2. The number of amides is 2. The number of hydrogen-bond donors (Lipinski definition) is 0. The zero-order valence-electron chi connectivity index (χ0n) is 10.8. The van der Waals surface area contributed by atoms with E-state index in [0.29, 0.717) is 31.6 Å². The third kappa shape index (κ3) is 2.22. The van der Waals surface area contributed by atoms with E-state index in [2.05, 4.69) is 15.9 Å². The molecular formula is C14H14BrFN2O2. The molecule has 0 spiro atoms. The van der Waals surface area contributed by atoms with Gasteiger partial charge in [-0.15, -0.1) is 0 Å². The van der Waals surface area contributed by atoms with E-state index in [1.165, 1.54) is 12.1 Å². The van der Waals surface area contributed by atoms with Crippen molar-refractivity contribution in [1.29, 1.82) is 0 Å². The van der Waals surface area contributed by atoms with Gasteiger partial charge in [-0.3, -0.25) is 9.59 Å². The van der Waals surface area contributed by atoms with Gasteiger partial charge in [-0.25, -0.2) is 4.39 Å². The van der Waals surface area contributed by atoms with Crippen LogP contribution in [-0.2, 0) is 4.79 Å². The summed E-state index contributed by atoms with van der Waals surface area (Å²) in [6, 6.07) is 4.58. The Labute approximate surface area is 124 Å². The van der Waals surface area contributed by atoms with Gasteiger partial charge in [-0.05, 0) is 34.5 Å². The molecule has 1 aromatic carbocycles. The van der Waals surface area contributed by atoms with E-state index in [1.807, 2.05) is 4.90 Å². The third-order valence-electron chi connectivity index (χ3n) is 3.96. The van der Waals surface area contributed by atoms with E-state index >= 15 is 0 Å². The lowest BCUT2D eigenvalue weighted by molar-refractivity contribution is -0.130. The average Bonchev–Trinajstić information content (AvgIpc) is 2.82. The van der Waals surface area contributed by atoms with Gasteiger partial charge in [0.25, 0.3) is 5.91 Å². The molecule has 1 atom stereocenters. The second-order valence-electron chi connectivity index (χ2n) is 5.13. The smallest absolute Gasteiger partial charge is 0.255 e. The first-order valence-corrected chi connectivity index (χ1v) is 7.40. The molecule has 0 saturated carbocycles. The number of carbonyl (C=O) groups is 2. The van der Waals surface area contributed by atoms with Crippen LogP contribution >= 0.6 is 15.9 Å². The van der Waals surface area contributed by atoms with Crippen LogP contribution < -0.4 is 0 Å². The summed E-state index contributed by atoms with van der Waals surface area (Å²) in [5.41, 5.74) is 0.336. The topological polar surface area (TPSA) is 40.6 Å². The zero-order chi connectivity index (χ0) is 14.3. The standard InChI is InChI=1S/C14H14BrFN2O2/c15-13-10(2-1-3-11(13)16)14(20)17-6-7-18-9(8-17)4-5-12(18)19/h1-3,9H,4-8H2.